The van der Waals surface area contributed by atoms with Crippen LogP contribution in [0.25, 0.3) is 0 Å². The third kappa shape index (κ3) is 3.47. The molecule has 0 unspecified atom stereocenters. The van der Waals surface area contributed by atoms with Crippen LogP contribution in [0.4, 0.5) is 4.79 Å². The van der Waals surface area contributed by atoms with Crippen LogP contribution >= 0.6 is 0 Å². The van der Waals surface area contributed by atoms with E-state index in [2.05, 4.69) is 11.4 Å². The zero-order valence-electron chi connectivity index (χ0n) is 13.0. The minimum Gasteiger partial charge on any atom is -0.496 e. The third-order valence-electron chi connectivity index (χ3n) is 4.11. The highest BCUT2D eigenvalue weighted by Gasteiger charge is 2.37. The Morgan fingerprint density at radius 2 is 2.00 bits per heavy atom. The van der Waals surface area contributed by atoms with Crippen LogP contribution in [0.2, 0.25) is 0 Å². The van der Waals surface area contributed by atoms with Gasteiger partial charge in [-0.05, 0) is 18.9 Å². The van der Waals surface area contributed by atoms with Gasteiger partial charge in [0.25, 0.3) is 0 Å². The van der Waals surface area contributed by atoms with Crippen LogP contribution < -0.4 is 10.1 Å². The number of para-hydroxylation sites is 1. The largest absolute Gasteiger partial charge is 0.496 e. The van der Waals surface area contributed by atoms with Gasteiger partial charge in [0, 0.05) is 44.8 Å². The van der Waals surface area contributed by atoms with E-state index in [1.54, 1.807) is 26.1 Å². The molecule has 1 saturated heterocycles. The summed E-state index contributed by atoms with van der Waals surface area (Å²) in [5.74, 6) is 0.874. The molecule has 116 valence electrons. The molecule has 0 aromatic heterocycles. The molecule has 2 rings (SSSR count). The summed E-state index contributed by atoms with van der Waals surface area (Å²) in [5.41, 5.74) is 1.02. The van der Waals surface area contributed by atoms with Crippen molar-refractivity contribution in [2.75, 3.05) is 41.0 Å². The highest BCUT2D eigenvalue weighted by atomic mass is 16.5. The summed E-state index contributed by atoms with van der Waals surface area (Å²) in [5, 5.41) is 3.02. The number of ether oxygens (including phenoxy) is 2. The van der Waals surface area contributed by atoms with Crippen LogP contribution in [0.1, 0.15) is 18.4 Å². The van der Waals surface area contributed by atoms with E-state index >= 15 is 0 Å². The summed E-state index contributed by atoms with van der Waals surface area (Å²) < 4.78 is 11.0. The molecule has 0 atom stereocenters. The molecule has 0 aliphatic carbocycles. The van der Waals surface area contributed by atoms with Crippen molar-refractivity contribution in [3.8, 4) is 5.75 Å². The van der Waals surface area contributed by atoms with Crippen molar-refractivity contribution >= 4 is 6.03 Å². The maximum Gasteiger partial charge on any atom is 0.316 e. The number of carbonyl (C=O) groups excluding carboxylic acids is 1. The topological polar surface area (TPSA) is 50.8 Å². The van der Waals surface area contributed by atoms with Crippen LogP contribution in [-0.4, -0.2) is 51.9 Å². The Morgan fingerprint density at radius 3 is 2.62 bits per heavy atom. The second-order valence-corrected chi connectivity index (χ2v) is 5.65. The number of nitrogens with zero attached hydrogens (tertiary/aromatic N) is 1. The summed E-state index contributed by atoms with van der Waals surface area (Å²) in [6.45, 7) is 2.00. The first kappa shape index (κ1) is 15.6. The molecular formula is C16H24N2O3. The third-order valence-corrected chi connectivity index (χ3v) is 4.11. The number of amides is 2. The normalized spacial score (nSPS) is 17.1. The molecule has 1 heterocycles. The summed E-state index contributed by atoms with van der Waals surface area (Å²) in [6, 6.07) is 7.97. The molecule has 0 saturated carbocycles. The average molecular weight is 292 g/mol. The van der Waals surface area contributed by atoms with E-state index in [-0.39, 0.29) is 11.4 Å². The Labute approximate surface area is 126 Å². The molecular weight excluding hydrogens is 268 g/mol. The second kappa shape index (κ2) is 6.80. The first-order chi connectivity index (χ1) is 10.1. The SMILES string of the molecule is COc1ccccc1C1(CNC(=O)N(C)C)CCOCC1. The number of rotatable bonds is 4. The minimum atomic E-state index is -0.128. The predicted molar refractivity (Wildman–Crippen MR) is 81.8 cm³/mol. The van der Waals surface area contributed by atoms with Gasteiger partial charge in [0.15, 0.2) is 0 Å². The maximum atomic E-state index is 11.9. The summed E-state index contributed by atoms with van der Waals surface area (Å²) in [4.78, 5) is 13.4. The van der Waals surface area contributed by atoms with Crippen molar-refractivity contribution < 1.29 is 14.3 Å². The zero-order chi connectivity index (χ0) is 15.3. The number of methoxy groups -OCH3 is 1. The van der Waals surface area contributed by atoms with Gasteiger partial charge in [0.05, 0.1) is 7.11 Å². The lowest BCUT2D eigenvalue weighted by Gasteiger charge is -2.38. The molecule has 5 nitrogen and oxygen atoms in total. The fourth-order valence-electron chi connectivity index (χ4n) is 2.79. The lowest BCUT2D eigenvalue weighted by atomic mass is 9.73. The second-order valence-electron chi connectivity index (χ2n) is 5.65. The van der Waals surface area contributed by atoms with Gasteiger partial charge in [-0.25, -0.2) is 4.79 Å². The van der Waals surface area contributed by atoms with Gasteiger partial charge in [-0.15, -0.1) is 0 Å². The molecule has 0 spiro atoms. The van der Waals surface area contributed by atoms with Crippen molar-refractivity contribution in [3.05, 3.63) is 29.8 Å². The minimum absolute atomic E-state index is 0.0734. The molecule has 21 heavy (non-hydrogen) atoms. The van der Waals surface area contributed by atoms with E-state index in [4.69, 9.17) is 9.47 Å². The van der Waals surface area contributed by atoms with E-state index in [0.29, 0.717) is 19.8 Å². The summed E-state index contributed by atoms with van der Waals surface area (Å²) in [7, 11) is 5.18. The van der Waals surface area contributed by atoms with Crippen LogP contribution in [0, 0.1) is 0 Å². The van der Waals surface area contributed by atoms with E-state index in [1.807, 2.05) is 18.2 Å². The monoisotopic (exact) mass is 292 g/mol. The smallest absolute Gasteiger partial charge is 0.316 e. The fraction of sp³-hybridized carbons (Fsp3) is 0.562. The van der Waals surface area contributed by atoms with E-state index in [1.165, 1.54) is 0 Å². The first-order valence-corrected chi connectivity index (χ1v) is 7.25. The lowest BCUT2D eigenvalue weighted by molar-refractivity contribution is 0.0495. The maximum absolute atomic E-state index is 11.9. The zero-order valence-corrected chi connectivity index (χ0v) is 13.0. The van der Waals surface area contributed by atoms with E-state index in [9.17, 15) is 4.79 Å². The quantitative estimate of drug-likeness (QED) is 0.923. The number of hydrogen-bond acceptors (Lipinski definition) is 3. The van der Waals surface area contributed by atoms with Gasteiger partial charge in [-0.2, -0.15) is 0 Å². The Bertz CT molecular complexity index is 482. The molecule has 0 radical (unpaired) electrons. The standard InChI is InChI=1S/C16H24N2O3/c1-18(2)15(19)17-12-16(8-10-21-11-9-16)13-6-4-5-7-14(13)20-3/h4-7H,8-12H2,1-3H3,(H,17,19). The van der Waals surface area contributed by atoms with Gasteiger partial charge < -0.3 is 19.7 Å². The van der Waals surface area contributed by atoms with Crippen LogP contribution in [0.5, 0.6) is 5.75 Å². The van der Waals surface area contributed by atoms with Crippen molar-refractivity contribution in [1.82, 2.24) is 10.2 Å². The number of carbonyl (C=O) groups is 1. The molecule has 2 amide bonds. The van der Waals surface area contributed by atoms with Gasteiger partial charge >= 0.3 is 6.03 Å². The van der Waals surface area contributed by atoms with Gasteiger partial charge in [0.1, 0.15) is 5.75 Å². The Kier molecular flexibility index (Phi) is 5.07. The molecule has 1 N–H and O–H groups in total. The van der Waals surface area contributed by atoms with E-state index in [0.717, 1.165) is 24.2 Å². The molecule has 1 aliphatic heterocycles. The fourth-order valence-corrected chi connectivity index (χ4v) is 2.79. The van der Waals surface area contributed by atoms with E-state index < -0.39 is 0 Å². The van der Waals surface area contributed by atoms with Crippen LogP contribution in [-0.2, 0) is 10.2 Å². The molecule has 1 aromatic carbocycles. The van der Waals surface area contributed by atoms with Crippen molar-refractivity contribution in [2.24, 2.45) is 0 Å². The van der Waals surface area contributed by atoms with Gasteiger partial charge in [-0.1, -0.05) is 18.2 Å². The Balaban J connectivity index is 2.26. The van der Waals surface area contributed by atoms with Crippen LogP contribution in [0.15, 0.2) is 24.3 Å². The highest BCUT2D eigenvalue weighted by molar-refractivity contribution is 5.73. The molecule has 1 aromatic rings. The Morgan fingerprint density at radius 1 is 1.33 bits per heavy atom. The number of urea groups is 1. The van der Waals surface area contributed by atoms with Gasteiger partial charge in [0.2, 0.25) is 0 Å². The van der Waals surface area contributed by atoms with Gasteiger partial charge in [-0.3, -0.25) is 0 Å². The number of benzene rings is 1. The van der Waals surface area contributed by atoms with Crippen molar-refractivity contribution in [3.63, 3.8) is 0 Å². The molecule has 1 fully saturated rings. The molecule has 1 aliphatic rings. The van der Waals surface area contributed by atoms with Crippen molar-refractivity contribution in [1.29, 1.82) is 0 Å². The molecule has 0 bridgehead atoms. The average Bonchev–Trinajstić information content (AvgIpc) is 2.53. The van der Waals surface area contributed by atoms with Crippen molar-refractivity contribution in [2.45, 2.75) is 18.3 Å². The highest BCUT2D eigenvalue weighted by Crippen LogP contribution is 2.39. The lowest BCUT2D eigenvalue weighted by Crippen LogP contribution is -2.47. The summed E-state index contributed by atoms with van der Waals surface area (Å²) in [6.07, 6.45) is 1.75. The number of hydrogen-bond donors (Lipinski definition) is 1. The predicted octanol–water partition coefficient (Wildman–Crippen LogP) is 2.01. The van der Waals surface area contributed by atoms with Crippen LogP contribution in [0.3, 0.4) is 0 Å². The Hall–Kier alpha value is -1.75. The molecule has 5 heteroatoms. The first-order valence-electron chi connectivity index (χ1n) is 7.25. The summed E-state index contributed by atoms with van der Waals surface area (Å²) >= 11 is 0. The number of nitrogens with one attached hydrogen (secondary N) is 1.